The number of amides is 1. The molecule has 0 bridgehead atoms. The topological polar surface area (TPSA) is 55.4 Å². The van der Waals surface area contributed by atoms with Crippen LogP contribution in [-0.4, -0.2) is 18.5 Å². The Hall–Kier alpha value is -2.33. The van der Waals surface area contributed by atoms with Crippen LogP contribution in [0.25, 0.3) is 0 Å². The highest BCUT2D eigenvalue weighted by atomic mass is 35.5. The van der Waals surface area contributed by atoms with Gasteiger partial charge in [0.25, 0.3) is 0 Å². The molecule has 0 heterocycles. The van der Waals surface area contributed by atoms with Crippen molar-refractivity contribution < 1.29 is 14.3 Å². The van der Waals surface area contributed by atoms with Crippen molar-refractivity contribution in [2.45, 2.75) is 26.7 Å². The van der Waals surface area contributed by atoms with Crippen molar-refractivity contribution in [2.24, 2.45) is 0 Å². The molecule has 0 atom stereocenters. The van der Waals surface area contributed by atoms with E-state index in [0.29, 0.717) is 35.7 Å². The van der Waals surface area contributed by atoms with E-state index in [1.54, 1.807) is 25.1 Å². The fraction of sp³-hybridized carbons (Fsp3) is 0.263. The van der Waals surface area contributed by atoms with E-state index < -0.39 is 5.97 Å². The van der Waals surface area contributed by atoms with Crippen LogP contribution < -0.4 is 5.32 Å². The van der Waals surface area contributed by atoms with Gasteiger partial charge in [0.1, 0.15) is 0 Å². The number of carbonyl (C=O) groups excluding carboxylic acids is 2. The molecule has 2 rings (SSSR count). The van der Waals surface area contributed by atoms with Gasteiger partial charge in [-0.05, 0) is 49.6 Å². The largest absolute Gasteiger partial charge is 0.462 e. The summed E-state index contributed by atoms with van der Waals surface area (Å²) in [5.74, 6) is -0.525. The van der Waals surface area contributed by atoms with Gasteiger partial charge >= 0.3 is 5.97 Å². The number of hydrogen-bond acceptors (Lipinski definition) is 3. The molecule has 0 spiro atoms. The molecule has 0 aliphatic heterocycles. The van der Waals surface area contributed by atoms with Crippen LogP contribution in [0, 0.1) is 6.92 Å². The average Bonchev–Trinajstić information content (AvgIpc) is 2.56. The maximum absolute atomic E-state index is 12.2. The third-order valence-electron chi connectivity index (χ3n) is 3.60. The number of ether oxygens (including phenoxy) is 1. The van der Waals surface area contributed by atoms with Gasteiger partial charge in [0.2, 0.25) is 5.91 Å². The molecule has 24 heavy (non-hydrogen) atoms. The highest BCUT2D eigenvalue weighted by Gasteiger charge is 2.11. The molecule has 0 saturated carbocycles. The Balaban J connectivity index is 2.02. The first-order valence-corrected chi connectivity index (χ1v) is 8.20. The molecule has 4 nitrogen and oxygen atoms in total. The third-order valence-corrected chi connectivity index (χ3v) is 3.97. The molecule has 1 N–H and O–H groups in total. The molecule has 5 heteroatoms. The van der Waals surface area contributed by atoms with Gasteiger partial charge in [-0.25, -0.2) is 4.79 Å². The average molecular weight is 346 g/mol. The maximum Gasteiger partial charge on any atom is 0.338 e. The van der Waals surface area contributed by atoms with Crippen molar-refractivity contribution in [1.82, 2.24) is 0 Å². The number of nitrogens with one attached hydrogen (secondary N) is 1. The zero-order valence-electron chi connectivity index (χ0n) is 13.8. The minimum atomic E-state index is -0.399. The number of esters is 1. The molecule has 2 aromatic rings. The van der Waals surface area contributed by atoms with E-state index in [2.05, 4.69) is 5.32 Å². The Morgan fingerprint density at radius 1 is 1.17 bits per heavy atom. The molecule has 1 amide bonds. The number of halogens is 1. The van der Waals surface area contributed by atoms with E-state index in [1.165, 1.54) is 0 Å². The van der Waals surface area contributed by atoms with Crippen LogP contribution in [0.3, 0.4) is 0 Å². The minimum absolute atomic E-state index is 0.126. The molecule has 0 radical (unpaired) electrons. The van der Waals surface area contributed by atoms with Gasteiger partial charge in [-0.2, -0.15) is 0 Å². The van der Waals surface area contributed by atoms with Crippen LogP contribution in [0.2, 0.25) is 5.02 Å². The number of carbonyl (C=O) groups is 2. The number of benzene rings is 2. The summed E-state index contributed by atoms with van der Waals surface area (Å²) in [4.78, 5) is 24.0. The Kier molecular flexibility index (Phi) is 6.38. The maximum atomic E-state index is 12.2. The van der Waals surface area contributed by atoms with Crippen molar-refractivity contribution in [3.8, 4) is 0 Å². The molecule has 2 aromatic carbocycles. The Morgan fingerprint density at radius 2 is 1.92 bits per heavy atom. The van der Waals surface area contributed by atoms with Gasteiger partial charge in [0.15, 0.2) is 0 Å². The summed E-state index contributed by atoms with van der Waals surface area (Å²) < 4.78 is 4.98. The number of anilines is 1. The Bertz CT molecular complexity index is 743. The second-order valence-corrected chi connectivity index (χ2v) is 5.80. The lowest BCUT2D eigenvalue weighted by molar-refractivity contribution is -0.116. The van der Waals surface area contributed by atoms with Crippen LogP contribution in [0.5, 0.6) is 0 Å². The van der Waals surface area contributed by atoms with Gasteiger partial charge in [-0.3, -0.25) is 4.79 Å². The van der Waals surface area contributed by atoms with Crippen LogP contribution in [-0.2, 0) is 16.0 Å². The summed E-state index contributed by atoms with van der Waals surface area (Å²) in [7, 11) is 0. The minimum Gasteiger partial charge on any atom is -0.462 e. The van der Waals surface area contributed by atoms with Gasteiger partial charge in [-0.1, -0.05) is 35.9 Å². The summed E-state index contributed by atoms with van der Waals surface area (Å²) >= 11 is 6.10. The molecule has 0 unspecified atom stereocenters. The lowest BCUT2D eigenvalue weighted by Crippen LogP contribution is -2.14. The molecule has 126 valence electrons. The smallest absolute Gasteiger partial charge is 0.338 e. The summed E-state index contributed by atoms with van der Waals surface area (Å²) in [6, 6.07) is 12.6. The van der Waals surface area contributed by atoms with Crippen molar-refractivity contribution in [3.63, 3.8) is 0 Å². The Labute approximate surface area is 146 Å². The molecule has 0 fully saturated rings. The van der Waals surface area contributed by atoms with E-state index in [4.69, 9.17) is 16.3 Å². The first-order chi connectivity index (χ1) is 11.5. The lowest BCUT2D eigenvalue weighted by atomic mass is 10.1. The van der Waals surface area contributed by atoms with E-state index in [9.17, 15) is 9.59 Å². The van der Waals surface area contributed by atoms with Crippen LogP contribution >= 0.6 is 11.6 Å². The van der Waals surface area contributed by atoms with Gasteiger partial charge in [0, 0.05) is 17.1 Å². The number of rotatable bonds is 6. The molecular formula is C19H20ClNO3. The Morgan fingerprint density at radius 3 is 2.62 bits per heavy atom. The van der Waals surface area contributed by atoms with Crippen molar-refractivity contribution in [2.75, 3.05) is 11.9 Å². The van der Waals surface area contributed by atoms with Crippen molar-refractivity contribution in [1.29, 1.82) is 0 Å². The second-order valence-electron chi connectivity index (χ2n) is 5.39. The normalized spacial score (nSPS) is 10.3. The molecule has 0 aromatic heterocycles. The number of aryl methyl sites for hydroxylation is 2. The molecular weight excluding hydrogens is 326 g/mol. The number of hydrogen-bond donors (Lipinski definition) is 1. The first kappa shape index (κ1) is 18.0. The zero-order chi connectivity index (χ0) is 17.5. The fourth-order valence-corrected chi connectivity index (χ4v) is 2.49. The summed E-state index contributed by atoms with van der Waals surface area (Å²) in [5.41, 5.74) is 2.86. The van der Waals surface area contributed by atoms with Crippen LogP contribution in [0.4, 0.5) is 5.69 Å². The summed E-state index contributed by atoms with van der Waals surface area (Å²) in [5, 5.41) is 3.51. The molecule has 0 saturated heterocycles. The lowest BCUT2D eigenvalue weighted by Gasteiger charge is -2.11. The van der Waals surface area contributed by atoms with Gasteiger partial charge in [0.05, 0.1) is 12.2 Å². The van der Waals surface area contributed by atoms with E-state index in [-0.39, 0.29) is 5.91 Å². The summed E-state index contributed by atoms with van der Waals surface area (Å²) in [6.45, 7) is 3.94. The van der Waals surface area contributed by atoms with Crippen LogP contribution in [0.15, 0.2) is 42.5 Å². The van der Waals surface area contributed by atoms with E-state index in [1.807, 2.05) is 31.2 Å². The predicted molar refractivity (Wildman–Crippen MR) is 95.5 cm³/mol. The van der Waals surface area contributed by atoms with Crippen molar-refractivity contribution in [3.05, 3.63) is 64.2 Å². The second kappa shape index (κ2) is 8.50. The SMILES string of the molecule is CCOC(=O)c1ccc(C)c(NC(=O)CCc2ccccc2Cl)c1. The highest BCUT2D eigenvalue weighted by molar-refractivity contribution is 6.31. The fourth-order valence-electron chi connectivity index (χ4n) is 2.26. The zero-order valence-corrected chi connectivity index (χ0v) is 14.5. The van der Waals surface area contributed by atoms with Gasteiger partial charge < -0.3 is 10.1 Å². The standard InChI is InChI=1S/C19H20ClNO3/c1-3-24-19(23)15-9-8-13(2)17(12-15)21-18(22)11-10-14-6-4-5-7-16(14)20/h4-9,12H,3,10-11H2,1-2H3,(H,21,22). The van der Waals surface area contributed by atoms with Crippen LogP contribution in [0.1, 0.15) is 34.8 Å². The molecule has 0 aliphatic rings. The van der Waals surface area contributed by atoms with E-state index in [0.717, 1.165) is 11.1 Å². The quantitative estimate of drug-likeness (QED) is 0.789. The highest BCUT2D eigenvalue weighted by Crippen LogP contribution is 2.20. The summed E-state index contributed by atoms with van der Waals surface area (Å²) in [6.07, 6.45) is 0.870. The van der Waals surface area contributed by atoms with E-state index >= 15 is 0 Å². The predicted octanol–water partition coefficient (Wildman–Crippen LogP) is 4.40. The van der Waals surface area contributed by atoms with Crippen molar-refractivity contribution >= 4 is 29.2 Å². The first-order valence-electron chi connectivity index (χ1n) is 7.82. The third kappa shape index (κ3) is 4.83. The van der Waals surface area contributed by atoms with Gasteiger partial charge in [-0.15, -0.1) is 0 Å². The monoisotopic (exact) mass is 345 g/mol. The molecule has 0 aliphatic carbocycles.